The van der Waals surface area contributed by atoms with Gasteiger partial charge in [-0.25, -0.2) is 0 Å². The minimum absolute atomic E-state index is 0.140. The Morgan fingerprint density at radius 3 is 3.17 bits per heavy atom. The summed E-state index contributed by atoms with van der Waals surface area (Å²) >= 11 is 0. The van der Waals surface area contributed by atoms with Crippen LogP contribution < -0.4 is 0 Å². The van der Waals surface area contributed by atoms with Crippen molar-refractivity contribution < 1.29 is 24.2 Å². The first-order valence-electron chi connectivity index (χ1n) is 6.17. The fourth-order valence-electron chi connectivity index (χ4n) is 3.74. The molecule has 1 amide bonds. The maximum Gasteiger partial charge on any atom is 0.310 e. The largest absolute Gasteiger partial charge is 0.481 e. The van der Waals surface area contributed by atoms with Gasteiger partial charge in [0.25, 0.3) is 0 Å². The van der Waals surface area contributed by atoms with Crippen molar-refractivity contribution in [2.24, 2.45) is 11.8 Å². The normalized spacial score (nSPS) is 48.4. The van der Waals surface area contributed by atoms with E-state index in [0.29, 0.717) is 13.2 Å². The number of aliphatic carboxylic acids is 1. The van der Waals surface area contributed by atoms with Crippen LogP contribution in [-0.4, -0.2) is 53.0 Å². The molecule has 5 atom stereocenters. The van der Waals surface area contributed by atoms with E-state index < -0.39 is 35.7 Å². The Labute approximate surface area is 103 Å². The summed E-state index contributed by atoms with van der Waals surface area (Å²) in [6.45, 7) is 1.21. The molecule has 4 heterocycles. The van der Waals surface area contributed by atoms with Gasteiger partial charge in [-0.3, -0.25) is 9.59 Å². The lowest BCUT2D eigenvalue weighted by molar-refractivity contribution is -0.168. The number of carbonyl (C=O) groups excluding carboxylic acids is 1. The first-order valence-corrected chi connectivity index (χ1v) is 6.17. The molecule has 0 saturated carbocycles. The van der Waals surface area contributed by atoms with E-state index in [1.807, 2.05) is 6.08 Å². The summed E-state index contributed by atoms with van der Waals surface area (Å²) in [5.41, 5.74) is -0.870. The predicted molar refractivity (Wildman–Crippen MR) is 57.4 cm³/mol. The molecule has 0 unspecified atom stereocenters. The summed E-state index contributed by atoms with van der Waals surface area (Å²) < 4.78 is 11.5. The van der Waals surface area contributed by atoms with Crippen LogP contribution in [0.25, 0.3) is 0 Å². The van der Waals surface area contributed by atoms with Crippen molar-refractivity contribution in [3.05, 3.63) is 12.2 Å². The number of rotatable bonds is 1. The molecule has 1 spiro atoms. The number of nitrogens with zero attached hydrogens (tertiary/aromatic N) is 1. The van der Waals surface area contributed by atoms with Gasteiger partial charge in [-0.2, -0.15) is 0 Å². The summed E-state index contributed by atoms with van der Waals surface area (Å²) in [6, 6.07) is 0. The molecule has 0 aromatic carbocycles. The summed E-state index contributed by atoms with van der Waals surface area (Å²) in [6.07, 6.45) is 3.42. The Morgan fingerprint density at radius 2 is 2.39 bits per heavy atom. The second-order valence-corrected chi connectivity index (χ2v) is 5.25. The van der Waals surface area contributed by atoms with Gasteiger partial charge in [0.1, 0.15) is 11.5 Å². The third kappa shape index (κ3) is 0.976. The van der Waals surface area contributed by atoms with Gasteiger partial charge in [-0.15, -0.1) is 0 Å². The predicted octanol–water partition coefficient (Wildman–Crippen LogP) is -0.401. The van der Waals surface area contributed by atoms with Crippen molar-refractivity contribution in [2.45, 2.75) is 24.4 Å². The lowest BCUT2D eigenvalue weighted by Crippen LogP contribution is -2.49. The van der Waals surface area contributed by atoms with Crippen LogP contribution in [0.1, 0.15) is 6.42 Å². The molecular weight excluding hydrogens is 238 g/mol. The minimum Gasteiger partial charge on any atom is -0.481 e. The highest BCUT2D eigenvalue weighted by Crippen LogP contribution is 2.55. The van der Waals surface area contributed by atoms with Crippen LogP contribution in [0.15, 0.2) is 12.2 Å². The van der Waals surface area contributed by atoms with Gasteiger partial charge in [-0.05, 0) is 12.5 Å². The van der Waals surface area contributed by atoms with Gasteiger partial charge in [-0.1, -0.05) is 6.08 Å². The number of carbonyl (C=O) groups is 2. The molecule has 0 aromatic heterocycles. The van der Waals surface area contributed by atoms with Crippen LogP contribution in [0.4, 0.5) is 0 Å². The number of amides is 1. The maximum atomic E-state index is 12.4. The molecule has 2 bridgehead atoms. The maximum absolute atomic E-state index is 12.4. The third-order valence-corrected chi connectivity index (χ3v) is 4.41. The van der Waals surface area contributed by atoms with E-state index in [4.69, 9.17) is 9.47 Å². The molecule has 6 nitrogen and oxygen atoms in total. The van der Waals surface area contributed by atoms with Gasteiger partial charge in [0.05, 0.1) is 18.6 Å². The zero-order valence-electron chi connectivity index (χ0n) is 9.61. The average molecular weight is 251 g/mol. The van der Waals surface area contributed by atoms with E-state index in [0.717, 1.165) is 6.42 Å². The van der Waals surface area contributed by atoms with E-state index in [-0.39, 0.29) is 5.91 Å². The van der Waals surface area contributed by atoms with E-state index in [1.54, 1.807) is 11.0 Å². The Morgan fingerprint density at radius 1 is 1.56 bits per heavy atom. The molecule has 18 heavy (non-hydrogen) atoms. The monoisotopic (exact) mass is 251 g/mol. The van der Waals surface area contributed by atoms with Crippen LogP contribution in [0, 0.1) is 11.8 Å². The number of ether oxygens (including phenoxy) is 2. The number of carboxylic acids is 1. The van der Waals surface area contributed by atoms with Crippen molar-refractivity contribution in [3.63, 3.8) is 0 Å². The Balaban J connectivity index is 1.82. The van der Waals surface area contributed by atoms with Crippen molar-refractivity contribution in [3.8, 4) is 0 Å². The second kappa shape index (κ2) is 3.13. The van der Waals surface area contributed by atoms with Gasteiger partial charge in [0, 0.05) is 6.54 Å². The Bertz CT molecular complexity index is 475. The first-order chi connectivity index (χ1) is 8.65. The van der Waals surface area contributed by atoms with Crippen molar-refractivity contribution in [2.75, 3.05) is 13.2 Å². The fraction of sp³-hybridized carbons (Fsp3) is 0.667. The average Bonchev–Trinajstić information content (AvgIpc) is 2.99. The molecule has 6 heteroatoms. The molecule has 96 valence electrons. The van der Waals surface area contributed by atoms with Gasteiger partial charge in [0.15, 0.2) is 6.23 Å². The highest BCUT2D eigenvalue weighted by atomic mass is 16.6. The molecule has 4 aliphatic rings. The number of hydrogen-bond donors (Lipinski definition) is 1. The van der Waals surface area contributed by atoms with Crippen LogP contribution in [0.2, 0.25) is 0 Å². The van der Waals surface area contributed by atoms with Crippen LogP contribution >= 0.6 is 0 Å². The van der Waals surface area contributed by atoms with Gasteiger partial charge < -0.3 is 19.5 Å². The number of hydrogen-bond acceptors (Lipinski definition) is 4. The molecule has 0 radical (unpaired) electrons. The van der Waals surface area contributed by atoms with Crippen molar-refractivity contribution in [1.29, 1.82) is 0 Å². The summed E-state index contributed by atoms with van der Waals surface area (Å²) in [5.74, 6) is -2.52. The Kier molecular flexibility index (Phi) is 1.83. The van der Waals surface area contributed by atoms with Crippen LogP contribution in [-0.2, 0) is 19.1 Å². The summed E-state index contributed by atoms with van der Waals surface area (Å²) in [5, 5.41) is 9.30. The molecule has 0 aromatic rings. The lowest BCUT2D eigenvalue weighted by Gasteiger charge is -2.36. The minimum atomic E-state index is -0.968. The fourth-order valence-corrected chi connectivity index (χ4v) is 3.74. The lowest BCUT2D eigenvalue weighted by atomic mass is 9.76. The quantitative estimate of drug-likeness (QED) is 0.642. The SMILES string of the molecule is O=C(O)[C@@H]1[C@H]2C=C[C@]3(O2)[C@@H]2OCCCN2C(=O)[C@@H]13. The molecule has 4 rings (SSSR count). The van der Waals surface area contributed by atoms with Crippen LogP contribution in [0.3, 0.4) is 0 Å². The van der Waals surface area contributed by atoms with Gasteiger partial charge in [0.2, 0.25) is 5.91 Å². The summed E-state index contributed by atoms with van der Waals surface area (Å²) in [4.78, 5) is 25.4. The zero-order chi connectivity index (χ0) is 12.5. The second-order valence-electron chi connectivity index (χ2n) is 5.25. The van der Waals surface area contributed by atoms with Crippen molar-refractivity contribution >= 4 is 11.9 Å². The van der Waals surface area contributed by atoms with E-state index >= 15 is 0 Å². The topological polar surface area (TPSA) is 76.1 Å². The highest BCUT2D eigenvalue weighted by molar-refractivity contribution is 5.91. The molecular formula is C12H13NO5. The number of fused-ring (bicyclic) bond motifs is 2. The van der Waals surface area contributed by atoms with Gasteiger partial charge >= 0.3 is 5.97 Å². The van der Waals surface area contributed by atoms with E-state index in [9.17, 15) is 14.7 Å². The summed E-state index contributed by atoms with van der Waals surface area (Å²) in [7, 11) is 0. The standard InChI is InChI=1S/C12H13NO5/c14-9-8-7(10(15)16)6-2-3-12(8,18-6)11-13(9)4-1-5-17-11/h2-3,6-8,11H,1,4-5H2,(H,15,16)/t6-,7-,8-,11+,12-/m1/s1. The van der Waals surface area contributed by atoms with E-state index in [2.05, 4.69) is 0 Å². The molecule has 3 saturated heterocycles. The van der Waals surface area contributed by atoms with Crippen LogP contribution in [0.5, 0.6) is 0 Å². The highest BCUT2D eigenvalue weighted by Gasteiger charge is 2.72. The zero-order valence-corrected chi connectivity index (χ0v) is 9.61. The third-order valence-electron chi connectivity index (χ3n) is 4.41. The number of carboxylic acid groups (broad SMARTS) is 1. The molecule has 4 aliphatic heterocycles. The smallest absolute Gasteiger partial charge is 0.310 e. The Hall–Kier alpha value is -1.40. The molecule has 1 N–H and O–H groups in total. The first kappa shape index (κ1) is 10.5. The molecule has 3 fully saturated rings. The molecule has 0 aliphatic carbocycles. The van der Waals surface area contributed by atoms with Crippen molar-refractivity contribution in [1.82, 2.24) is 4.90 Å². The van der Waals surface area contributed by atoms with E-state index in [1.165, 1.54) is 0 Å².